The van der Waals surface area contributed by atoms with Crippen LogP contribution in [0.4, 0.5) is 18.9 Å². The van der Waals surface area contributed by atoms with Gasteiger partial charge >= 0.3 is 6.18 Å². The topological polar surface area (TPSA) is 100 Å². The second-order valence-electron chi connectivity index (χ2n) is 9.02. The maximum Gasteiger partial charge on any atom is 0.449 e. The highest BCUT2D eigenvalue weighted by Crippen LogP contribution is 2.31. The number of piperidine rings is 1. The van der Waals surface area contributed by atoms with Gasteiger partial charge in [0, 0.05) is 31.0 Å². The van der Waals surface area contributed by atoms with Gasteiger partial charge in [-0.25, -0.2) is 9.97 Å². The van der Waals surface area contributed by atoms with Gasteiger partial charge in [-0.15, -0.1) is 0 Å². The summed E-state index contributed by atoms with van der Waals surface area (Å²) in [6, 6.07) is 15.1. The van der Waals surface area contributed by atoms with Crippen molar-refractivity contribution in [3.8, 4) is 5.88 Å². The largest absolute Gasteiger partial charge is 0.481 e. The van der Waals surface area contributed by atoms with E-state index in [1.165, 1.54) is 31.5 Å². The number of nitrogens with one attached hydrogen (secondary N) is 2. The summed E-state index contributed by atoms with van der Waals surface area (Å²) in [6.45, 7) is 1.23. The molecule has 0 aliphatic carbocycles. The normalized spacial score (nSPS) is 14.5. The van der Waals surface area contributed by atoms with Gasteiger partial charge in [-0.2, -0.15) is 13.2 Å². The monoisotopic (exact) mass is 523 g/mol. The van der Waals surface area contributed by atoms with Crippen LogP contribution >= 0.6 is 0 Å². The molecule has 1 fully saturated rings. The fourth-order valence-electron chi connectivity index (χ4n) is 4.61. The summed E-state index contributed by atoms with van der Waals surface area (Å²) in [5.41, 5.74) is 2.26. The van der Waals surface area contributed by atoms with E-state index in [1.54, 1.807) is 24.3 Å². The highest BCUT2D eigenvalue weighted by molar-refractivity contribution is 6.11. The number of carbonyl (C=O) groups excluding carboxylic acids is 2. The zero-order valence-electron chi connectivity index (χ0n) is 20.4. The first-order chi connectivity index (χ1) is 18.2. The van der Waals surface area contributed by atoms with Crippen LogP contribution in [0, 0.1) is 0 Å². The first-order valence-corrected chi connectivity index (χ1v) is 12.0. The van der Waals surface area contributed by atoms with E-state index in [2.05, 4.69) is 20.3 Å². The first kappa shape index (κ1) is 25.2. The Labute approximate surface area is 215 Å². The SMILES string of the molecule is COc1ccc(C(=O)N2CCC(c3ccc(NC(=O)c4cccc5[nH]c(C(F)(F)F)nc45)cc3)CC2)cn1. The van der Waals surface area contributed by atoms with Gasteiger partial charge in [-0.3, -0.25) is 9.59 Å². The fourth-order valence-corrected chi connectivity index (χ4v) is 4.61. The lowest BCUT2D eigenvalue weighted by molar-refractivity contribution is -0.144. The molecule has 2 amide bonds. The average Bonchev–Trinajstić information content (AvgIpc) is 3.39. The lowest BCUT2D eigenvalue weighted by atomic mass is 9.89. The number of amides is 2. The van der Waals surface area contributed by atoms with Crippen LogP contribution in [0.3, 0.4) is 0 Å². The number of H-pyrrole nitrogens is 1. The van der Waals surface area contributed by atoms with E-state index in [1.807, 2.05) is 17.0 Å². The third kappa shape index (κ3) is 5.17. The number of halogens is 3. The molecule has 5 rings (SSSR count). The number of likely N-dealkylation sites (tertiary alicyclic amines) is 1. The third-order valence-electron chi connectivity index (χ3n) is 6.64. The Morgan fingerprint density at radius 3 is 2.42 bits per heavy atom. The van der Waals surface area contributed by atoms with Gasteiger partial charge in [0.15, 0.2) is 0 Å². The Hall–Kier alpha value is -4.41. The quantitative estimate of drug-likeness (QED) is 0.372. The number of pyridine rings is 1. The molecule has 1 aliphatic heterocycles. The van der Waals surface area contributed by atoms with Crippen molar-refractivity contribution in [2.45, 2.75) is 24.9 Å². The molecule has 8 nitrogen and oxygen atoms in total. The van der Waals surface area contributed by atoms with E-state index in [0.29, 0.717) is 30.2 Å². The van der Waals surface area contributed by atoms with E-state index < -0.39 is 17.9 Å². The summed E-state index contributed by atoms with van der Waals surface area (Å²) in [7, 11) is 1.52. The van der Waals surface area contributed by atoms with Gasteiger partial charge < -0.3 is 19.9 Å². The van der Waals surface area contributed by atoms with Gasteiger partial charge in [0.05, 0.1) is 23.8 Å². The van der Waals surface area contributed by atoms with E-state index >= 15 is 0 Å². The number of alkyl halides is 3. The number of imidazole rings is 1. The minimum Gasteiger partial charge on any atom is -0.481 e. The van der Waals surface area contributed by atoms with Crippen LogP contribution in [0.15, 0.2) is 60.8 Å². The molecular formula is C27H24F3N5O3. The first-order valence-electron chi connectivity index (χ1n) is 12.0. The molecule has 1 saturated heterocycles. The fraction of sp³-hybridized carbons (Fsp3) is 0.259. The van der Waals surface area contributed by atoms with Crippen LogP contribution in [0.1, 0.15) is 50.9 Å². The Morgan fingerprint density at radius 1 is 1.05 bits per heavy atom. The highest BCUT2D eigenvalue weighted by atomic mass is 19.4. The van der Waals surface area contributed by atoms with Crippen molar-refractivity contribution in [1.29, 1.82) is 0 Å². The Morgan fingerprint density at radius 2 is 1.79 bits per heavy atom. The van der Waals surface area contributed by atoms with Crippen molar-refractivity contribution < 1.29 is 27.5 Å². The van der Waals surface area contributed by atoms with Gasteiger partial charge in [-0.1, -0.05) is 18.2 Å². The van der Waals surface area contributed by atoms with Crippen LogP contribution in [0.2, 0.25) is 0 Å². The van der Waals surface area contributed by atoms with Crippen molar-refractivity contribution in [3.63, 3.8) is 0 Å². The number of methoxy groups -OCH3 is 1. The number of benzene rings is 2. The minimum atomic E-state index is -4.64. The number of rotatable bonds is 5. The molecule has 0 unspecified atom stereocenters. The maximum absolute atomic E-state index is 13.0. The molecule has 38 heavy (non-hydrogen) atoms. The zero-order chi connectivity index (χ0) is 26.9. The number of anilines is 1. The van der Waals surface area contributed by atoms with E-state index in [-0.39, 0.29) is 28.4 Å². The summed E-state index contributed by atoms with van der Waals surface area (Å²) in [4.78, 5) is 37.3. The molecular weight excluding hydrogens is 499 g/mol. The van der Waals surface area contributed by atoms with E-state index in [4.69, 9.17) is 4.74 Å². The lowest BCUT2D eigenvalue weighted by Crippen LogP contribution is -2.37. The van der Waals surface area contributed by atoms with Gasteiger partial charge in [0.2, 0.25) is 11.7 Å². The number of hydrogen-bond acceptors (Lipinski definition) is 5. The summed E-state index contributed by atoms with van der Waals surface area (Å²) >= 11 is 0. The second kappa shape index (κ2) is 10.2. The van der Waals surface area contributed by atoms with Crippen molar-refractivity contribution in [2.24, 2.45) is 0 Å². The summed E-state index contributed by atoms with van der Waals surface area (Å²) in [5, 5.41) is 2.73. The van der Waals surface area contributed by atoms with Crippen LogP contribution < -0.4 is 10.1 Å². The molecule has 196 valence electrons. The van der Waals surface area contributed by atoms with E-state index in [9.17, 15) is 22.8 Å². The number of ether oxygens (including phenoxy) is 1. The standard InChI is InChI=1S/C27H24F3N5O3/c1-38-22-10-7-18(15-31-22)25(37)35-13-11-17(12-14-35)16-5-8-19(9-6-16)32-24(36)20-3-2-4-21-23(20)34-26(33-21)27(28,29)30/h2-10,15,17H,11-14H2,1H3,(H,32,36)(H,33,34). The third-order valence-corrected chi connectivity index (χ3v) is 6.64. The molecule has 0 radical (unpaired) electrons. The molecule has 0 bridgehead atoms. The lowest BCUT2D eigenvalue weighted by Gasteiger charge is -2.32. The summed E-state index contributed by atoms with van der Waals surface area (Å²) in [5.74, 6) is -1.05. The molecule has 2 aromatic carbocycles. The second-order valence-corrected chi connectivity index (χ2v) is 9.02. The maximum atomic E-state index is 13.0. The Kier molecular flexibility index (Phi) is 6.75. The molecule has 11 heteroatoms. The van der Waals surface area contributed by atoms with E-state index in [0.717, 1.165) is 18.4 Å². The number of fused-ring (bicyclic) bond motifs is 1. The Bertz CT molecular complexity index is 1460. The smallest absolute Gasteiger partial charge is 0.449 e. The molecule has 3 heterocycles. The predicted molar refractivity (Wildman–Crippen MR) is 134 cm³/mol. The van der Waals surface area contributed by atoms with Crippen molar-refractivity contribution in [1.82, 2.24) is 19.9 Å². The molecule has 0 spiro atoms. The molecule has 4 aromatic rings. The summed E-state index contributed by atoms with van der Waals surface area (Å²) < 4.78 is 44.2. The molecule has 0 atom stereocenters. The molecule has 1 aliphatic rings. The minimum absolute atomic E-state index is 0.0410. The highest BCUT2D eigenvalue weighted by Gasteiger charge is 2.35. The van der Waals surface area contributed by atoms with Crippen LogP contribution in [-0.2, 0) is 6.18 Å². The number of aromatic amines is 1. The van der Waals surface area contributed by atoms with Crippen molar-refractivity contribution >= 4 is 28.5 Å². The van der Waals surface area contributed by atoms with Gasteiger partial charge in [0.25, 0.3) is 11.8 Å². The number of nitrogens with zero attached hydrogens (tertiary/aromatic N) is 3. The van der Waals surface area contributed by atoms with Crippen molar-refractivity contribution in [3.05, 3.63) is 83.3 Å². The number of aromatic nitrogens is 3. The van der Waals surface area contributed by atoms with Crippen LogP contribution in [0.5, 0.6) is 5.88 Å². The Balaban J connectivity index is 1.21. The van der Waals surface area contributed by atoms with Crippen LogP contribution in [-0.4, -0.2) is 51.9 Å². The predicted octanol–water partition coefficient (Wildman–Crippen LogP) is 5.26. The zero-order valence-corrected chi connectivity index (χ0v) is 20.4. The van der Waals surface area contributed by atoms with Gasteiger partial charge in [0.1, 0.15) is 5.52 Å². The average molecular weight is 524 g/mol. The van der Waals surface area contributed by atoms with Gasteiger partial charge in [-0.05, 0) is 54.7 Å². The van der Waals surface area contributed by atoms with Crippen molar-refractivity contribution in [2.75, 3.05) is 25.5 Å². The number of carbonyl (C=O) groups is 2. The summed E-state index contributed by atoms with van der Waals surface area (Å²) in [6.07, 6.45) is -1.53. The van der Waals surface area contributed by atoms with Crippen LogP contribution in [0.25, 0.3) is 11.0 Å². The molecule has 2 N–H and O–H groups in total. The number of hydrogen-bond donors (Lipinski definition) is 2. The molecule has 0 saturated carbocycles. The number of para-hydroxylation sites is 1. The molecule has 2 aromatic heterocycles.